The van der Waals surface area contributed by atoms with E-state index in [1.165, 1.54) is 0 Å². The van der Waals surface area contributed by atoms with Gasteiger partial charge in [-0.15, -0.1) is 5.10 Å². The molecule has 5 N–H and O–H groups in total. The number of hydrogen-bond acceptors (Lipinski definition) is 9. The predicted molar refractivity (Wildman–Crippen MR) is 160 cm³/mol. The van der Waals surface area contributed by atoms with Crippen molar-refractivity contribution in [1.29, 1.82) is 5.26 Å². The van der Waals surface area contributed by atoms with Crippen molar-refractivity contribution in [3.8, 4) is 17.3 Å². The fourth-order valence-electron chi connectivity index (χ4n) is 5.11. The van der Waals surface area contributed by atoms with Gasteiger partial charge in [-0.25, -0.2) is 15.0 Å². The Balaban J connectivity index is 1.28. The number of aliphatic hydroxyl groups is 2. The Morgan fingerprint density at radius 2 is 1.88 bits per heavy atom. The predicted octanol–water partition coefficient (Wildman–Crippen LogP) is 3.36. The summed E-state index contributed by atoms with van der Waals surface area (Å²) in [6.45, 7) is 6.52. The highest BCUT2D eigenvalue weighted by molar-refractivity contribution is 5.79. The smallest absolute Gasteiger partial charge is 0.227 e. The van der Waals surface area contributed by atoms with E-state index in [1.807, 2.05) is 53.4 Å². The SMILES string of the molecule is C=CN(/N=C(\N)N1CCCC(O)C1)c1ccc(Nc2nccc(-c3ccc(N4CCC(O)CC4)c(C#N)c3)n2)cc1. The van der Waals surface area contributed by atoms with E-state index in [2.05, 4.69) is 37.9 Å². The summed E-state index contributed by atoms with van der Waals surface area (Å²) in [4.78, 5) is 13.1. The van der Waals surface area contributed by atoms with E-state index in [-0.39, 0.29) is 6.10 Å². The van der Waals surface area contributed by atoms with Crippen molar-refractivity contribution >= 4 is 29.0 Å². The van der Waals surface area contributed by atoms with Gasteiger partial charge in [-0.1, -0.05) is 12.6 Å². The Morgan fingerprint density at radius 1 is 1.10 bits per heavy atom. The first-order valence-electron chi connectivity index (χ1n) is 13.8. The minimum atomic E-state index is -0.399. The maximum atomic E-state index is 9.94. The van der Waals surface area contributed by atoms with Gasteiger partial charge in [0.25, 0.3) is 0 Å². The van der Waals surface area contributed by atoms with Gasteiger partial charge in [0, 0.05) is 49.8 Å². The van der Waals surface area contributed by atoms with Gasteiger partial charge in [-0.2, -0.15) is 5.26 Å². The van der Waals surface area contributed by atoms with Crippen LogP contribution in [0.1, 0.15) is 31.2 Å². The molecule has 0 amide bonds. The molecule has 0 radical (unpaired) electrons. The number of aliphatic hydroxyl groups excluding tert-OH is 2. The number of nitriles is 1. The molecule has 3 heterocycles. The average Bonchev–Trinajstić information content (AvgIpc) is 3.00. The van der Waals surface area contributed by atoms with Crippen LogP contribution in [-0.2, 0) is 0 Å². The Bertz CT molecular complexity index is 1430. The van der Waals surface area contributed by atoms with Gasteiger partial charge < -0.3 is 31.1 Å². The molecule has 0 spiro atoms. The van der Waals surface area contributed by atoms with E-state index < -0.39 is 6.10 Å². The number of hydrogen-bond donors (Lipinski definition) is 4. The van der Waals surface area contributed by atoms with Gasteiger partial charge in [0.05, 0.1) is 34.8 Å². The quantitative estimate of drug-likeness (QED) is 0.195. The highest BCUT2D eigenvalue weighted by Crippen LogP contribution is 2.29. The zero-order chi connectivity index (χ0) is 28.8. The molecule has 0 aliphatic carbocycles. The molecule has 212 valence electrons. The van der Waals surface area contributed by atoms with Crippen LogP contribution >= 0.6 is 0 Å². The second kappa shape index (κ2) is 12.7. The molecule has 3 aromatic rings. The minimum absolute atomic E-state index is 0.271. The molecule has 1 unspecified atom stereocenters. The van der Waals surface area contributed by atoms with Gasteiger partial charge in [0.1, 0.15) is 6.07 Å². The van der Waals surface area contributed by atoms with Gasteiger partial charge in [-0.05, 0) is 68.1 Å². The lowest BCUT2D eigenvalue weighted by molar-refractivity contribution is 0.102. The Kier molecular flexibility index (Phi) is 8.62. The van der Waals surface area contributed by atoms with Gasteiger partial charge in [0.15, 0.2) is 0 Å². The monoisotopic (exact) mass is 553 g/mol. The van der Waals surface area contributed by atoms with Crippen LogP contribution in [0.25, 0.3) is 11.3 Å². The largest absolute Gasteiger partial charge is 0.393 e. The van der Waals surface area contributed by atoms with Crippen molar-refractivity contribution in [1.82, 2.24) is 14.9 Å². The first-order valence-corrected chi connectivity index (χ1v) is 13.8. The minimum Gasteiger partial charge on any atom is -0.393 e. The van der Waals surface area contributed by atoms with Crippen LogP contribution in [0, 0.1) is 11.3 Å². The van der Waals surface area contributed by atoms with E-state index >= 15 is 0 Å². The van der Waals surface area contributed by atoms with Crippen LogP contribution in [-0.4, -0.2) is 69.4 Å². The molecule has 2 aliphatic rings. The van der Waals surface area contributed by atoms with Crippen LogP contribution in [0.4, 0.5) is 23.0 Å². The number of anilines is 4. The average molecular weight is 554 g/mol. The number of aromatic nitrogens is 2. The second-order valence-electron chi connectivity index (χ2n) is 10.2. The van der Waals surface area contributed by atoms with Crippen molar-refractivity contribution in [2.45, 2.75) is 37.9 Å². The normalized spacial score (nSPS) is 18.1. The third kappa shape index (κ3) is 6.74. The number of nitrogens with two attached hydrogens (primary N) is 1. The summed E-state index contributed by atoms with van der Waals surface area (Å²) in [7, 11) is 0. The molecule has 2 aliphatic heterocycles. The summed E-state index contributed by atoms with van der Waals surface area (Å²) in [6.07, 6.45) is 5.63. The van der Waals surface area contributed by atoms with E-state index in [9.17, 15) is 15.5 Å². The Morgan fingerprint density at radius 3 is 2.59 bits per heavy atom. The molecule has 0 saturated carbocycles. The van der Waals surface area contributed by atoms with Crippen LogP contribution in [0.5, 0.6) is 0 Å². The Hall–Kier alpha value is -4.66. The van der Waals surface area contributed by atoms with Crippen LogP contribution < -0.4 is 21.0 Å². The number of nitrogens with one attached hydrogen (secondary N) is 1. The molecule has 2 aromatic carbocycles. The van der Waals surface area contributed by atoms with Crippen molar-refractivity contribution in [3.05, 3.63) is 73.1 Å². The van der Waals surface area contributed by atoms with Crippen LogP contribution in [0.15, 0.2) is 72.6 Å². The summed E-state index contributed by atoms with van der Waals surface area (Å²) < 4.78 is 0. The number of β-amino-alcohol motifs (C(OH)–C–C–N with tert-alkyl or cyclic N) is 1. The summed E-state index contributed by atoms with van der Waals surface area (Å²) in [5.74, 6) is 0.757. The topological polar surface area (TPSA) is 150 Å². The van der Waals surface area contributed by atoms with Crippen molar-refractivity contribution < 1.29 is 10.2 Å². The summed E-state index contributed by atoms with van der Waals surface area (Å²) >= 11 is 0. The first-order chi connectivity index (χ1) is 19.9. The van der Waals surface area contributed by atoms with Crippen LogP contribution in [0.3, 0.4) is 0 Å². The summed E-state index contributed by atoms with van der Waals surface area (Å²) in [5.41, 5.74) is 10.7. The third-order valence-electron chi connectivity index (χ3n) is 7.37. The van der Waals surface area contributed by atoms with Crippen molar-refractivity contribution in [2.24, 2.45) is 10.8 Å². The highest BCUT2D eigenvalue weighted by Gasteiger charge is 2.21. The van der Waals surface area contributed by atoms with Crippen LogP contribution in [0.2, 0.25) is 0 Å². The maximum absolute atomic E-state index is 9.94. The Labute approximate surface area is 239 Å². The van der Waals surface area contributed by atoms with E-state index in [1.54, 1.807) is 17.4 Å². The van der Waals surface area contributed by atoms with Crippen molar-refractivity contribution in [3.63, 3.8) is 0 Å². The molecular formula is C30H35N9O2. The molecule has 11 heteroatoms. The molecule has 41 heavy (non-hydrogen) atoms. The zero-order valence-corrected chi connectivity index (χ0v) is 22.9. The lowest BCUT2D eigenvalue weighted by atomic mass is 10.0. The standard InChI is InChI=1S/C30H35N9O2/c1-2-39(36-29(32)38-15-3-4-26(41)20-38)24-8-6-23(7-9-24)34-30-33-14-11-27(35-30)21-5-10-28(22(18-21)19-31)37-16-12-25(40)13-17-37/h2,5-11,14,18,25-26,40-41H,1,3-4,12-13,15-17,20H2,(H2,32,36)(H,33,34,35). The molecule has 5 rings (SSSR count). The number of nitrogens with zero attached hydrogens (tertiary/aromatic N) is 7. The van der Waals surface area contributed by atoms with E-state index in [0.717, 1.165) is 55.1 Å². The molecule has 1 aromatic heterocycles. The number of piperidine rings is 2. The number of guanidine groups is 1. The molecular weight excluding hydrogens is 518 g/mol. The van der Waals surface area contributed by atoms with Gasteiger partial charge >= 0.3 is 0 Å². The zero-order valence-electron chi connectivity index (χ0n) is 22.9. The first kappa shape index (κ1) is 27.9. The van der Waals surface area contributed by atoms with Gasteiger partial charge in [0.2, 0.25) is 11.9 Å². The number of rotatable bonds is 7. The van der Waals surface area contributed by atoms with Crippen molar-refractivity contribution in [2.75, 3.05) is 41.4 Å². The lowest BCUT2D eigenvalue weighted by Crippen LogP contribution is -2.46. The number of likely N-dealkylation sites (tertiary alicyclic amines) is 1. The summed E-state index contributed by atoms with van der Waals surface area (Å²) in [6, 6.07) is 17.4. The molecule has 0 bridgehead atoms. The molecule has 1 atom stereocenters. The van der Waals surface area contributed by atoms with E-state index in [0.29, 0.717) is 42.6 Å². The molecule has 2 saturated heterocycles. The maximum Gasteiger partial charge on any atom is 0.227 e. The van der Waals surface area contributed by atoms with E-state index in [4.69, 9.17) is 5.73 Å². The number of hydrazone groups is 1. The second-order valence-corrected chi connectivity index (χ2v) is 10.2. The summed E-state index contributed by atoms with van der Waals surface area (Å²) in [5, 5.41) is 38.9. The van der Waals surface area contributed by atoms with Gasteiger partial charge in [-0.3, -0.25) is 0 Å². The fourth-order valence-corrected chi connectivity index (χ4v) is 5.11. The highest BCUT2D eigenvalue weighted by atomic mass is 16.3. The fraction of sp³-hybridized carbons (Fsp3) is 0.333. The third-order valence-corrected chi connectivity index (χ3v) is 7.37. The molecule has 11 nitrogen and oxygen atoms in total. The number of benzene rings is 2. The molecule has 2 fully saturated rings. The lowest BCUT2D eigenvalue weighted by Gasteiger charge is -2.32.